The molecular formula is C14H14N2O. The highest BCUT2D eigenvalue weighted by Gasteiger charge is 2.20. The average Bonchev–Trinajstić information content (AvgIpc) is 2.39. The zero-order valence-corrected chi connectivity index (χ0v) is 9.52. The van der Waals surface area contributed by atoms with E-state index in [2.05, 4.69) is 23.5 Å². The van der Waals surface area contributed by atoms with Gasteiger partial charge in [-0.3, -0.25) is 4.90 Å². The first-order chi connectivity index (χ1) is 8.36. The SMILES string of the molecule is O=C1NCCCN1c1cccc2ccccc12. The first kappa shape index (κ1) is 10.1. The van der Waals surface area contributed by atoms with Gasteiger partial charge in [0.05, 0.1) is 5.69 Å². The normalized spacial score (nSPS) is 16.0. The zero-order chi connectivity index (χ0) is 11.7. The molecule has 1 aliphatic heterocycles. The molecule has 2 amide bonds. The second-order valence-electron chi connectivity index (χ2n) is 4.24. The van der Waals surface area contributed by atoms with Crippen LogP contribution in [0.2, 0.25) is 0 Å². The summed E-state index contributed by atoms with van der Waals surface area (Å²) in [5, 5.41) is 5.18. The largest absolute Gasteiger partial charge is 0.338 e. The number of hydrogen-bond donors (Lipinski definition) is 1. The van der Waals surface area contributed by atoms with E-state index in [0.29, 0.717) is 0 Å². The molecule has 0 aliphatic carbocycles. The Morgan fingerprint density at radius 2 is 1.88 bits per heavy atom. The fourth-order valence-electron chi connectivity index (χ4n) is 2.30. The Bertz CT molecular complexity index is 560. The van der Waals surface area contributed by atoms with Gasteiger partial charge in [0.25, 0.3) is 0 Å². The fourth-order valence-corrected chi connectivity index (χ4v) is 2.30. The molecule has 1 heterocycles. The van der Waals surface area contributed by atoms with Crippen LogP contribution in [0.4, 0.5) is 10.5 Å². The van der Waals surface area contributed by atoms with Gasteiger partial charge >= 0.3 is 6.03 Å². The van der Waals surface area contributed by atoms with Crippen molar-refractivity contribution in [3.05, 3.63) is 42.5 Å². The second kappa shape index (κ2) is 4.09. The highest BCUT2D eigenvalue weighted by Crippen LogP contribution is 2.27. The molecule has 17 heavy (non-hydrogen) atoms. The molecule has 0 atom stereocenters. The molecule has 3 heteroatoms. The molecule has 3 nitrogen and oxygen atoms in total. The third-order valence-corrected chi connectivity index (χ3v) is 3.14. The zero-order valence-electron chi connectivity index (χ0n) is 9.52. The summed E-state index contributed by atoms with van der Waals surface area (Å²) in [6.07, 6.45) is 0.995. The maximum atomic E-state index is 11.9. The molecule has 2 aromatic rings. The molecule has 3 rings (SSSR count). The van der Waals surface area contributed by atoms with Crippen LogP contribution >= 0.6 is 0 Å². The minimum absolute atomic E-state index is 0.00704. The van der Waals surface area contributed by atoms with Crippen LogP contribution in [0, 0.1) is 0 Å². The Morgan fingerprint density at radius 3 is 2.76 bits per heavy atom. The van der Waals surface area contributed by atoms with E-state index in [1.807, 2.05) is 29.2 Å². The van der Waals surface area contributed by atoms with E-state index in [1.54, 1.807) is 0 Å². The molecule has 2 aromatic carbocycles. The number of carbonyl (C=O) groups excluding carboxylic acids is 1. The molecule has 0 spiro atoms. The number of hydrogen-bond acceptors (Lipinski definition) is 1. The third kappa shape index (κ3) is 1.73. The quantitative estimate of drug-likeness (QED) is 0.796. The lowest BCUT2D eigenvalue weighted by molar-refractivity contribution is 0.243. The summed E-state index contributed by atoms with van der Waals surface area (Å²) in [4.78, 5) is 13.7. The van der Waals surface area contributed by atoms with Crippen molar-refractivity contribution in [3.63, 3.8) is 0 Å². The van der Waals surface area contributed by atoms with Gasteiger partial charge in [-0.15, -0.1) is 0 Å². The van der Waals surface area contributed by atoms with E-state index in [1.165, 1.54) is 5.39 Å². The number of fused-ring (bicyclic) bond motifs is 1. The highest BCUT2D eigenvalue weighted by atomic mass is 16.2. The molecular weight excluding hydrogens is 212 g/mol. The van der Waals surface area contributed by atoms with Crippen LogP contribution < -0.4 is 10.2 Å². The van der Waals surface area contributed by atoms with E-state index in [9.17, 15) is 4.79 Å². The van der Waals surface area contributed by atoms with E-state index >= 15 is 0 Å². The lowest BCUT2D eigenvalue weighted by atomic mass is 10.1. The van der Waals surface area contributed by atoms with Crippen LogP contribution in [-0.2, 0) is 0 Å². The standard InChI is InChI=1S/C14H14N2O/c17-14-15-9-4-10-16(14)13-8-3-6-11-5-1-2-7-12(11)13/h1-3,5-8H,4,9-10H2,(H,15,17). The van der Waals surface area contributed by atoms with Crippen LogP contribution in [0.1, 0.15) is 6.42 Å². The summed E-state index contributed by atoms with van der Waals surface area (Å²) in [7, 11) is 0. The maximum Gasteiger partial charge on any atom is 0.321 e. The van der Waals surface area contributed by atoms with Crippen molar-refractivity contribution in [2.45, 2.75) is 6.42 Å². The smallest absolute Gasteiger partial charge is 0.321 e. The Balaban J connectivity index is 2.13. The number of rotatable bonds is 1. The van der Waals surface area contributed by atoms with Crippen molar-refractivity contribution in [1.29, 1.82) is 0 Å². The molecule has 86 valence electrons. The number of urea groups is 1. The van der Waals surface area contributed by atoms with Gasteiger partial charge in [0.2, 0.25) is 0 Å². The molecule has 0 bridgehead atoms. The van der Waals surface area contributed by atoms with Gasteiger partial charge in [-0.25, -0.2) is 4.79 Å². The first-order valence-corrected chi connectivity index (χ1v) is 5.89. The Labute approximate surface area is 100 Å². The summed E-state index contributed by atoms with van der Waals surface area (Å²) < 4.78 is 0. The Hall–Kier alpha value is -2.03. The van der Waals surface area contributed by atoms with Crippen molar-refractivity contribution >= 4 is 22.5 Å². The van der Waals surface area contributed by atoms with Crippen molar-refractivity contribution < 1.29 is 4.79 Å². The predicted molar refractivity (Wildman–Crippen MR) is 69.3 cm³/mol. The molecule has 1 aliphatic rings. The van der Waals surface area contributed by atoms with Crippen LogP contribution in [0.5, 0.6) is 0 Å². The average molecular weight is 226 g/mol. The second-order valence-corrected chi connectivity index (χ2v) is 4.24. The number of nitrogens with one attached hydrogen (secondary N) is 1. The number of anilines is 1. The van der Waals surface area contributed by atoms with E-state index < -0.39 is 0 Å². The Morgan fingerprint density at radius 1 is 1.06 bits per heavy atom. The van der Waals surface area contributed by atoms with Crippen LogP contribution in [0.25, 0.3) is 10.8 Å². The van der Waals surface area contributed by atoms with Gasteiger partial charge in [-0.2, -0.15) is 0 Å². The summed E-state index contributed by atoms with van der Waals surface area (Å²) in [6.45, 7) is 1.57. The molecule has 1 fully saturated rings. The van der Waals surface area contributed by atoms with Crippen molar-refractivity contribution in [2.24, 2.45) is 0 Å². The van der Waals surface area contributed by atoms with Crippen LogP contribution in [0.15, 0.2) is 42.5 Å². The van der Waals surface area contributed by atoms with Crippen molar-refractivity contribution in [2.75, 3.05) is 18.0 Å². The topological polar surface area (TPSA) is 32.3 Å². The predicted octanol–water partition coefficient (Wildman–Crippen LogP) is 2.76. The molecule has 0 aromatic heterocycles. The van der Waals surface area contributed by atoms with Crippen molar-refractivity contribution in [3.8, 4) is 0 Å². The highest BCUT2D eigenvalue weighted by molar-refractivity contribution is 6.03. The lowest BCUT2D eigenvalue weighted by Gasteiger charge is -2.28. The maximum absolute atomic E-state index is 11.9. The Kier molecular flexibility index (Phi) is 2.44. The summed E-state index contributed by atoms with van der Waals surface area (Å²) in [6, 6.07) is 14.2. The number of benzene rings is 2. The molecule has 0 unspecified atom stereocenters. The summed E-state index contributed by atoms with van der Waals surface area (Å²) >= 11 is 0. The van der Waals surface area contributed by atoms with Gasteiger partial charge < -0.3 is 5.32 Å². The van der Waals surface area contributed by atoms with Gasteiger partial charge in [0.1, 0.15) is 0 Å². The number of nitrogens with zero attached hydrogens (tertiary/aromatic N) is 1. The molecule has 1 saturated heterocycles. The van der Waals surface area contributed by atoms with E-state index in [-0.39, 0.29) is 6.03 Å². The fraction of sp³-hybridized carbons (Fsp3) is 0.214. The van der Waals surface area contributed by atoms with E-state index in [4.69, 9.17) is 0 Å². The number of amides is 2. The summed E-state index contributed by atoms with van der Waals surface area (Å²) in [5.74, 6) is 0. The summed E-state index contributed by atoms with van der Waals surface area (Å²) in [5.41, 5.74) is 1.00. The molecule has 0 radical (unpaired) electrons. The van der Waals surface area contributed by atoms with Gasteiger partial charge in [0, 0.05) is 18.5 Å². The van der Waals surface area contributed by atoms with Gasteiger partial charge in [0.15, 0.2) is 0 Å². The number of carbonyl (C=O) groups is 1. The van der Waals surface area contributed by atoms with E-state index in [0.717, 1.165) is 30.6 Å². The van der Waals surface area contributed by atoms with Crippen LogP contribution in [0.3, 0.4) is 0 Å². The molecule has 0 saturated carbocycles. The van der Waals surface area contributed by atoms with Crippen LogP contribution in [-0.4, -0.2) is 19.1 Å². The molecule has 1 N–H and O–H groups in total. The minimum Gasteiger partial charge on any atom is -0.338 e. The third-order valence-electron chi connectivity index (χ3n) is 3.14. The lowest BCUT2D eigenvalue weighted by Crippen LogP contribution is -2.46. The van der Waals surface area contributed by atoms with Gasteiger partial charge in [-0.05, 0) is 17.9 Å². The first-order valence-electron chi connectivity index (χ1n) is 5.89. The van der Waals surface area contributed by atoms with Crippen molar-refractivity contribution in [1.82, 2.24) is 5.32 Å². The van der Waals surface area contributed by atoms with Gasteiger partial charge in [-0.1, -0.05) is 36.4 Å². The minimum atomic E-state index is 0.00704. The monoisotopic (exact) mass is 226 g/mol.